The third-order valence-electron chi connectivity index (χ3n) is 0.247. The zero-order valence-corrected chi connectivity index (χ0v) is 7.98. The van der Waals surface area contributed by atoms with Gasteiger partial charge in [0, 0.05) is 0 Å². The van der Waals surface area contributed by atoms with Gasteiger partial charge in [-0.05, 0) is 0 Å². The maximum absolute atomic E-state index is 4.33. The van der Waals surface area contributed by atoms with Crippen LogP contribution in [-0.2, 0) is 25.9 Å². The molecule has 0 aromatic rings. The Labute approximate surface area is 64.3 Å². The Morgan fingerprint density at radius 2 is 2.00 bits per heavy atom. The Morgan fingerprint density at radius 3 is 2.00 bits per heavy atom. The second-order valence-electron chi connectivity index (χ2n) is 1.01. The molecule has 0 atom stereocenters. The summed E-state index contributed by atoms with van der Waals surface area (Å²) < 4.78 is 0. The largest absolute Gasteiger partial charge is 2.00 e. The fraction of sp³-hybridized carbons (Fsp3) is 0.500. The van der Waals surface area contributed by atoms with Crippen molar-refractivity contribution in [2.75, 3.05) is 7.11 Å². The van der Waals surface area contributed by atoms with Gasteiger partial charge in [-0.2, -0.15) is 0 Å². The Bertz CT molecular complexity index is 61.1. The van der Waals surface area contributed by atoms with Crippen LogP contribution in [0.3, 0.4) is 0 Å². The van der Waals surface area contributed by atoms with Crippen LogP contribution >= 0.6 is 0 Å². The van der Waals surface area contributed by atoms with Crippen LogP contribution in [0, 0.1) is 6.92 Å². The Morgan fingerprint density at radius 1 is 1.62 bits per heavy atom. The number of hydrogen-bond donors (Lipinski definition) is 0. The molecule has 0 saturated heterocycles. The van der Waals surface area contributed by atoms with E-state index in [4.69, 9.17) is 0 Å². The van der Waals surface area contributed by atoms with Gasteiger partial charge >= 0.3 is 21.1 Å². The van der Waals surface area contributed by atoms with Gasteiger partial charge in [0.25, 0.3) is 0 Å². The van der Waals surface area contributed by atoms with Gasteiger partial charge in [0.1, 0.15) is 7.11 Å². The normalized spacial score (nSPS) is 8.50. The molecule has 48 valence electrons. The minimum Gasteiger partial charge on any atom is -0.693 e. The van der Waals surface area contributed by atoms with E-state index in [1.807, 2.05) is 0 Å². The molecule has 0 aliphatic heterocycles. The molecule has 3 nitrogen and oxygen atoms in total. The molecule has 0 heterocycles. The zero-order valence-electron chi connectivity index (χ0n) is 5.05. The SMILES string of the molecule is [CH2-]/C(C)=N/OC.[NH2-].[W+2]. The van der Waals surface area contributed by atoms with E-state index in [1.165, 1.54) is 7.11 Å². The summed E-state index contributed by atoms with van der Waals surface area (Å²) in [6.07, 6.45) is 0. The summed E-state index contributed by atoms with van der Waals surface area (Å²) >= 11 is 0. The molecule has 0 spiro atoms. The minimum atomic E-state index is 0. The van der Waals surface area contributed by atoms with E-state index in [1.54, 1.807) is 6.92 Å². The van der Waals surface area contributed by atoms with E-state index in [-0.39, 0.29) is 27.2 Å². The quantitative estimate of drug-likeness (QED) is 0.410. The smallest absolute Gasteiger partial charge is 0.693 e. The van der Waals surface area contributed by atoms with Crippen LogP contribution < -0.4 is 0 Å². The van der Waals surface area contributed by atoms with Gasteiger partial charge in [-0.15, -0.1) is 5.16 Å². The zero-order chi connectivity index (χ0) is 4.99. The number of rotatable bonds is 1. The molecule has 2 N–H and O–H groups in total. The van der Waals surface area contributed by atoms with Crippen molar-refractivity contribution in [3.05, 3.63) is 13.1 Å². The Balaban J connectivity index is -0.000000125. The van der Waals surface area contributed by atoms with Crippen molar-refractivity contribution in [2.24, 2.45) is 5.16 Å². The third kappa shape index (κ3) is 16.7. The second kappa shape index (κ2) is 10.1. The average Bonchev–Trinajstić information content (AvgIpc) is 1.35. The first-order valence-corrected chi connectivity index (χ1v) is 1.67. The van der Waals surface area contributed by atoms with Crippen molar-refractivity contribution < 1.29 is 25.9 Å². The summed E-state index contributed by atoms with van der Waals surface area (Å²) in [6.45, 7) is 5.22. The summed E-state index contributed by atoms with van der Waals surface area (Å²) in [6, 6.07) is 0. The van der Waals surface area contributed by atoms with Crippen molar-refractivity contribution in [1.82, 2.24) is 0 Å². The average molecular weight is 286 g/mol. The molecule has 0 unspecified atom stereocenters. The Kier molecular flexibility index (Phi) is 19.7. The number of hydrogen-bond acceptors (Lipinski definition) is 2. The van der Waals surface area contributed by atoms with Crippen LogP contribution in [0.15, 0.2) is 5.16 Å². The summed E-state index contributed by atoms with van der Waals surface area (Å²) in [7, 11) is 1.49. The second-order valence-corrected chi connectivity index (χ2v) is 1.01. The molecule has 8 heavy (non-hydrogen) atoms. The minimum absolute atomic E-state index is 0. The molecule has 0 rings (SSSR count). The molecule has 0 aliphatic carbocycles. The summed E-state index contributed by atoms with van der Waals surface area (Å²) in [5.41, 5.74) is 0.692. The van der Waals surface area contributed by atoms with Crippen molar-refractivity contribution in [1.29, 1.82) is 0 Å². The fourth-order valence-electron chi connectivity index (χ4n) is 0.156. The number of nitrogens with zero attached hydrogens (tertiary/aromatic N) is 1. The molecule has 0 radical (unpaired) electrons. The molecule has 0 aromatic carbocycles. The fourth-order valence-corrected chi connectivity index (χ4v) is 0.156. The van der Waals surface area contributed by atoms with Crippen molar-refractivity contribution >= 4 is 5.71 Å². The first-order valence-electron chi connectivity index (χ1n) is 1.67. The Hall–Kier alpha value is -0.0117. The molecule has 0 aliphatic rings. The van der Waals surface area contributed by atoms with Crippen LogP contribution in [0.5, 0.6) is 0 Å². The molecule has 4 heteroatoms. The van der Waals surface area contributed by atoms with Crippen LogP contribution in [0.25, 0.3) is 6.15 Å². The predicted octanol–water partition coefficient (Wildman–Crippen LogP) is 1.56. The van der Waals surface area contributed by atoms with E-state index < -0.39 is 0 Å². The molecular formula is C4H10N2OW. The van der Waals surface area contributed by atoms with E-state index in [0.717, 1.165) is 0 Å². The third-order valence-corrected chi connectivity index (χ3v) is 0.247. The van der Waals surface area contributed by atoms with Crippen LogP contribution in [0.1, 0.15) is 6.92 Å². The van der Waals surface area contributed by atoms with Gasteiger partial charge in [0.05, 0.1) is 0 Å². The summed E-state index contributed by atoms with van der Waals surface area (Å²) in [4.78, 5) is 4.33. The van der Waals surface area contributed by atoms with E-state index in [0.29, 0.717) is 5.71 Å². The van der Waals surface area contributed by atoms with Crippen molar-refractivity contribution in [3.8, 4) is 0 Å². The van der Waals surface area contributed by atoms with Gasteiger partial charge in [-0.1, -0.05) is 12.6 Å². The molecule has 0 aromatic heterocycles. The van der Waals surface area contributed by atoms with Gasteiger partial charge in [0.2, 0.25) is 0 Å². The van der Waals surface area contributed by atoms with E-state index >= 15 is 0 Å². The maximum Gasteiger partial charge on any atom is 2.00 e. The van der Waals surface area contributed by atoms with Crippen LogP contribution in [0.4, 0.5) is 0 Å². The first-order chi connectivity index (χ1) is 2.77. The van der Waals surface area contributed by atoms with Gasteiger partial charge in [-0.25, -0.2) is 0 Å². The topological polar surface area (TPSA) is 55.1 Å². The molecule has 0 bridgehead atoms. The van der Waals surface area contributed by atoms with Crippen molar-refractivity contribution in [2.45, 2.75) is 6.92 Å². The van der Waals surface area contributed by atoms with Crippen LogP contribution in [0.2, 0.25) is 0 Å². The summed E-state index contributed by atoms with van der Waals surface area (Å²) in [5.74, 6) is 0. The monoisotopic (exact) mass is 286 g/mol. The van der Waals surface area contributed by atoms with Crippen LogP contribution in [-0.4, -0.2) is 12.8 Å². The molecule has 0 amide bonds. The molecular weight excluding hydrogens is 276 g/mol. The van der Waals surface area contributed by atoms with Gasteiger partial charge in [-0.3, -0.25) is 0 Å². The maximum atomic E-state index is 4.33. The van der Waals surface area contributed by atoms with Gasteiger partial charge < -0.3 is 17.9 Å². The summed E-state index contributed by atoms with van der Waals surface area (Å²) in [5, 5.41) is 3.43. The van der Waals surface area contributed by atoms with E-state index in [2.05, 4.69) is 16.9 Å². The number of oxime groups is 1. The van der Waals surface area contributed by atoms with E-state index in [9.17, 15) is 0 Å². The molecule has 0 fully saturated rings. The molecule has 0 saturated carbocycles. The number of nitrogens with two attached hydrogens (primary N) is 1. The van der Waals surface area contributed by atoms with Gasteiger partial charge in [0.15, 0.2) is 0 Å². The predicted molar refractivity (Wildman–Crippen MR) is 30.8 cm³/mol. The van der Waals surface area contributed by atoms with Crippen molar-refractivity contribution in [3.63, 3.8) is 0 Å². The first kappa shape index (κ1) is 15.7. The standard InChI is InChI=1S/C4H8NO.H2N.W/c1-4(2)5-6-3;;/h1H2,2-3H3;1H2;/q2*-1;+2/b5-4-;;.